The van der Waals surface area contributed by atoms with Crippen LogP contribution in [0.15, 0.2) is 54.3 Å². The molecule has 1 unspecified atom stereocenters. The number of nitrogens with zero attached hydrogens (tertiary/aromatic N) is 3. The Balaban J connectivity index is 1.50. The number of benzene rings is 1. The van der Waals surface area contributed by atoms with Crippen molar-refractivity contribution in [3.63, 3.8) is 0 Å². The van der Waals surface area contributed by atoms with E-state index in [-0.39, 0.29) is 30.4 Å². The maximum Gasteiger partial charge on any atom is 0.416 e. The van der Waals surface area contributed by atoms with Crippen LogP contribution in [0.4, 0.5) is 23.8 Å². The number of carbonyl (C=O) groups excluding carboxylic acids is 2. The minimum Gasteiger partial charge on any atom is -0.496 e. The van der Waals surface area contributed by atoms with Crippen LogP contribution in [0.2, 0.25) is 0 Å². The minimum atomic E-state index is -4.51. The highest BCUT2D eigenvalue weighted by molar-refractivity contribution is 5.81. The molecule has 3 heterocycles. The molecule has 5 rings (SSSR count). The summed E-state index contributed by atoms with van der Waals surface area (Å²) in [5.41, 5.74) is 1.25. The SMILES string of the molecule is COC(=O)CC(C)(C)C1C=C(c2ccc(N3CCC3)nc2CN2C(=O)O[C@H](c3cccc(C(F)(F)F)c3)[C@@H]2C)C(OC)=CC1. The molecular weight excluding hydrogens is 575 g/mol. The summed E-state index contributed by atoms with van der Waals surface area (Å²) in [5.74, 6) is 1.14. The van der Waals surface area contributed by atoms with Crippen molar-refractivity contribution in [3.8, 4) is 0 Å². The molecule has 2 fully saturated rings. The number of alkyl halides is 3. The van der Waals surface area contributed by atoms with Crippen LogP contribution in [0.25, 0.3) is 5.57 Å². The van der Waals surface area contributed by atoms with E-state index in [1.165, 1.54) is 18.1 Å². The van der Waals surface area contributed by atoms with Gasteiger partial charge < -0.3 is 19.1 Å². The first-order valence-corrected chi connectivity index (χ1v) is 14.7. The maximum absolute atomic E-state index is 13.4. The molecule has 0 saturated carbocycles. The Kier molecular flexibility index (Phi) is 8.68. The summed E-state index contributed by atoms with van der Waals surface area (Å²) in [4.78, 5) is 34.0. The highest BCUT2D eigenvalue weighted by Gasteiger charge is 2.42. The summed E-state index contributed by atoms with van der Waals surface area (Å²) in [6.45, 7) is 7.65. The molecule has 2 saturated heterocycles. The van der Waals surface area contributed by atoms with E-state index in [9.17, 15) is 22.8 Å². The lowest BCUT2D eigenvalue weighted by molar-refractivity contribution is -0.143. The van der Waals surface area contributed by atoms with Crippen LogP contribution in [0, 0.1) is 11.3 Å². The summed E-state index contributed by atoms with van der Waals surface area (Å²) < 4.78 is 56.6. The van der Waals surface area contributed by atoms with Gasteiger partial charge in [-0.2, -0.15) is 13.2 Å². The normalized spacial score (nSPS) is 22.2. The number of hydrogen-bond acceptors (Lipinski definition) is 7. The molecule has 0 bridgehead atoms. The smallest absolute Gasteiger partial charge is 0.416 e. The molecule has 3 aliphatic rings. The predicted molar refractivity (Wildman–Crippen MR) is 158 cm³/mol. The number of anilines is 1. The van der Waals surface area contributed by atoms with E-state index in [0.717, 1.165) is 48.6 Å². The molecule has 1 amide bonds. The van der Waals surface area contributed by atoms with Gasteiger partial charge in [0.25, 0.3) is 0 Å². The second-order valence-corrected chi connectivity index (χ2v) is 12.2. The average Bonchev–Trinajstić information content (AvgIpc) is 3.24. The van der Waals surface area contributed by atoms with Crippen LogP contribution >= 0.6 is 0 Å². The quantitative estimate of drug-likeness (QED) is 0.284. The predicted octanol–water partition coefficient (Wildman–Crippen LogP) is 6.92. The number of amides is 1. The molecule has 2 aromatic rings. The molecule has 1 aromatic heterocycles. The summed E-state index contributed by atoms with van der Waals surface area (Å²) in [6.07, 6.45) is 0.0524. The number of ether oxygens (including phenoxy) is 3. The average molecular weight is 614 g/mol. The number of carbonyl (C=O) groups is 2. The fourth-order valence-electron chi connectivity index (χ4n) is 6.02. The van der Waals surface area contributed by atoms with Gasteiger partial charge in [-0.05, 0) is 67.0 Å². The van der Waals surface area contributed by atoms with Crippen molar-refractivity contribution in [1.29, 1.82) is 0 Å². The molecule has 0 radical (unpaired) electrons. The van der Waals surface area contributed by atoms with Crippen LogP contribution in [-0.4, -0.2) is 55.3 Å². The Morgan fingerprint density at radius 2 is 1.89 bits per heavy atom. The summed E-state index contributed by atoms with van der Waals surface area (Å²) in [7, 11) is 2.98. The highest BCUT2D eigenvalue weighted by Crippen LogP contribution is 2.43. The maximum atomic E-state index is 13.4. The number of pyridine rings is 1. The van der Waals surface area contributed by atoms with Gasteiger partial charge in [-0.15, -0.1) is 0 Å². The van der Waals surface area contributed by atoms with E-state index in [0.29, 0.717) is 17.9 Å². The molecule has 0 N–H and O–H groups in total. The van der Waals surface area contributed by atoms with Crippen LogP contribution < -0.4 is 4.90 Å². The second kappa shape index (κ2) is 12.2. The Morgan fingerprint density at radius 3 is 2.52 bits per heavy atom. The van der Waals surface area contributed by atoms with Crippen molar-refractivity contribution in [2.45, 2.75) is 64.9 Å². The van der Waals surface area contributed by atoms with Crippen molar-refractivity contribution in [2.75, 3.05) is 32.2 Å². The number of esters is 1. The Hall–Kier alpha value is -4.02. The molecule has 1 aromatic carbocycles. The van der Waals surface area contributed by atoms with E-state index in [4.69, 9.17) is 19.2 Å². The highest BCUT2D eigenvalue weighted by atomic mass is 19.4. The summed E-state index contributed by atoms with van der Waals surface area (Å²) >= 11 is 0. The van der Waals surface area contributed by atoms with Crippen LogP contribution in [0.1, 0.15) is 68.5 Å². The molecule has 236 valence electrons. The van der Waals surface area contributed by atoms with Gasteiger partial charge in [0.2, 0.25) is 0 Å². The fourth-order valence-corrected chi connectivity index (χ4v) is 6.02. The van der Waals surface area contributed by atoms with Gasteiger partial charge in [-0.1, -0.05) is 32.1 Å². The summed E-state index contributed by atoms with van der Waals surface area (Å²) in [5, 5.41) is 0. The zero-order chi connectivity index (χ0) is 31.8. The van der Waals surface area contributed by atoms with Gasteiger partial charge in [0, 0.05) is 24.2 Å². The lowest BCUT2D eigenvalue weighted by Gasteiger charge is -2.35. The number of halogens is 3. The van der Waals surface area contributed by atoms with Crippen LogP contribution in [-0.2, 0) is 31.7 Å². The van der Waals surface area contributed by atoms with E-state index in [2.05, 4.69) is 11.0 Å². The number of hydrogen-bond donors (Lipinski definition) is 0. The Labute approximate surface area is 255 Å². The van der Waals surface area contributed by atoms with Gasteiger partial charge in [0.1, 0.15) is 17.7 Å². The molecule has 1 aliphatic carbocycles. The zero-order valence-corrected chi connectivity index (χ0v) is 25.6. The molecule has 8 nitrogen and oxygen atoms in total. The first-order chi connectivity index (χ1) is 20.8. The van der Waals surface area contributed by atoms with E-state index in [1.807, 2.05) is 32.1 Å². The number of aromatic nitrogens is 1. The first kappa shape index (κ1) is 31.4. The summed E-state index contributed by atoms with van der Waals surface area (Å²) in [6, 6.07) is 8.26. The number of methoxy groups -OCH3 is 2. The molecule has 44 heavy (non-hydrogen) atoms. The van der Waals surface area contributed by atoms with Gasteiger partial charge >= 0.3 is 18.2 Å². The van der Waals surface area contributed by atoms with Crippen molar-refractivity contribution in [2.24, 2.45) is 11.3 Å². The zero-order valence-electron chi connectivity index (χ0n) is 25.6. The lowest BCUT2D eigenvalue weighted by Crippen LogP contribution is -2.38. The molecule has 2 aliphatic heterocycles. The van der Waals surface area contributed by atoms with Gasteiger partial charge in [-0.25, -0.2) is 9.78 Å². The fraction of sp³-hybridized carbons (Fsp3) is 0.485. The lowest BCUT2D eigenvalue weighted by atomic mass is 9.71. The van der Waals surface area contributed by atoms with Crippen LogP contribution in [0.5, 0.6) is 0 Å². The van der Waals surface area contributed by atoms with Crippen molar-refractivity contribution >= 4 is 23.5 Å². The first-order valence-electron chi connectivity index (χ1n) is 14.7. The number of rotatable bonds is 9. The van der Waals surface area contributed by atoms with Gasteiger partial charge in [0.05, 0.1) is 44.5 Å². The molecule has 3 atom stereocenters. The Morgan fingerprint density at radius 1 is 1.14 bits per heavy atom. The van der Waals surface area contributed by atoms with Crippen LogP contribution in [0.3, 0.4) is 0 Å². The Bertz CT molecular complexity index is 1480. The largest absolute Gasteiger partial charge is 0.496 e. The third kappa shape index (κ3) is 6.27. The van der Waals surface area contributed by atoms with E-state index in [1.54, 1.807) is 20.1 Å². The molecule has 0 spiro atoms. The van der Waals surface area contributed by atoms with Gasteiger partial charge in [0.15, 0.2) is 0 Å². The minimum absolute atomic E-state index is 0.0145. The van der Waals surface area contributed by atoms with Crippen molar-refractivity contribution < 1.29 is 37.0 Å². The standard InChI is InChI=1S/C33H38F3N3O5/c1-20-30(21-8-6-9-23(16-21)33(34,35)36)44-31(41)39(20)19-26-24(11-13-28(37-26)38-14-7-15-38)25-17-22(10-12-27(25)42-4)32(2,3)18-29(40)43-5/h6,8-9,11-13,16-17,20,22,30H,7,10,14-15,18-19H2,1-5H3/t20-,22?,30-/m0/s1. The number of allylic oxidation sites excluding steroid dienone is 3. The molecular formula is C33H38F3N3O5. The number of cyclic esters (lactones) is 1. The second-order valence-electron chi connectivity index (χ2n) is 12.2. The van der Waals surface area contributed by atoms with E-state index < -0.39 is 35.4 Å². The monoisotopic (exact) mass is 613 g/mol. The van der Waals surface area contributed by atoms with Crippen molar-refractivity contribution in [3.05, 3.63) is 76.7 Å². The van der Waals surface area contributed by atoms with Gasteiger partial charge in [-0.3, -0.25) is 9.69 Å². The third-order valence-corrected chi connectivity index (χ3v) is 8.93. The molecule has 11 heteroatoms. The van der Waals surface area contributed by atoms with E-state index >= 15 is 0 Å². The topological polar surface area (TPSA) is 81.2 Å². The van der Waals surface area contributed by atoms with Crippen molar-refractivity contribution in [1.82, 2.24) is 9.88 Å². The third-order valence-electron chi connectivity index (χ3n) is 8.93.